The fourth-order valence-corrected chi connectivity index (χ4v) is 4.97. The SMILES string of the molecule is CC[Si]1C[Si]C1. The normalized spacial score (nSPS) is 23.5. The zero-order valence-corrected chi connectivity index (χ0v) is 6.12. The average Bonchev–Trinajstić information content (AvgIpc) is 1.31. The summed E-state index contributed by atoms with van der Waals surface area (Å²) in [7, 11) is 1.68. The minimum Gasteiger partial charge on any atom is -0.0680 e. The Morgan fingerprint density at radius 3 is 2.33 bits per heavy atom. The van der Waals surface area contributed by atoms with Crippen LogP contribution in [0.15, 0.2) is 0 Å². The van der Waals surface area contributed by atoms with E-state index in [1.165, 1.54) is 15.6 Å². The first-order chi connectivity index (χ1) is 2.93. The summed E-state index contributed by atoms with van der Waals surface area (Å²) in [6.45, 7) is 2.33. The van der Waals surface area contributed by atoms with Gasteiger partial charge in [0.15, 0.2) is 0 Å². The van der Waals surface area contributed by atoms with Crippen molar-refractivity contribution in [3.8, 4) is 0 Å². The van der Waals surface area contributed by atoms with E-state index in [-0.39, 0.29) is 0 Å². The van der Waals surface area contributed by atoms with E-state index in [4.69, 9.17) is 0 Å². The van der Waals surface area contributed by atoms with Gasteiger partial charge in [0.2, 0.25) is 0 Å². The van der Waals surface area contributed by atoms with E-state index >= 15 is 0 Å². The third-order valence-corrected chi connectivity index (χ3v) is 8.25. The summed E-state index contributed by atoms with van der Waals surface area (Å²) >= 11 is 0. The van der Waals surface area contributed by atoms with Crippen LogP contribution in [0.1, 0.15) is 6.92 Å². The van der Waals surface area contributed by atoms with Gasteiger partial charge in [-0.25, -0.2) is 0 Å². The molecule has 0 bridgehead atoms. The topological polar surface area (TPSA) is 0 Å². The number of hydrogen-bond acceptors (Lipinski definition) is 0. The van der Waals surface area contributed by atoms with Crippen molar-refractivity contribution < 1.29 is 0 Å². The molecule has 2 heteroatoms. The van der Waals surface area contributed by atoms with Crippen molar-refractivity contribution in [2.24, 2.45) is 0 Å². The lowest BCUT2D eigenvalue weighted by Crippen LogP contribution is -2.27. The molecule has 0 saturated carbocycles. The molecule has 0 spiro atoms. The zero-order valence-electron chi connectivity index (χ0n) is 4.12. The average molecular weight is 113 g/mol. The maximum Gasteiger partial charge on any atom is 0.0411 e. The van der Waals surface area contributed by atoms with Gasteiger partial charge in [0, 0.05) is 18.3 Å². The third-order valence-electron chi connectivity index (χ3n) is 1.25. The minimum absolute atomic E-state index is 0.325. The van der Waals surface area contributed by atoms with Crippen LogP contribution in [-0.4, -0.2) is 18.3 Å². The molecule has 0 nitrogen and oxygen atoms in total. The highest BCUT2D eigenvalue weighted by molar-refractivity contribution is 6.86. The van der Waals surface area contributed by atoms with Crippen molar-refractivity contribution in [1.29, 1.82) is 0 Å². The fraction of sp³-hybridized carbons (Fsp3) is 1.00. The second-order valence-electron chi connectivity index (χ2n) is 1.71. The summed E-state index contributed by atoms with van der Waals surface area (Å²) in [5.74, 6) is 0. The Morgan fingerprint density at radius 2 is 2.33 bits per heavy atom. The molecule has 1 fully saturated rings. The van der Waals surface area contributed by atoms with Gasteiger partial charge >= 0.3 is 0 Å². The molecule has 33 valence electrons. The van der Waals surface area contributed by atoms with E-state index in [1.807, 2.05) is 0 Å². The molecule has 0 atom stereocenters. The summed E-state index contributed by atoms with van der Waals surface area (Å²) in [6.07, 6.45) is 0. The molecule has 0 amide bonds. The quantitative estimate of drug-likeness (QED) is 0.447. The Morgan fingerprint density at radius 1 is 1.67 bits per heavy atom. The monoisotopic (exact) mass is 113 g/mol. The Kier molecular flexibility index (Phi) is 1.48. The van der Waals surface area contributed by atoms with E-state index in [0.717, 1.165) is 0 Å². The molecular formula is C4H9Si2. The molecule has 1 heterocycles. The van der Waals surface area contributed by atoms with Gasteiger partial charge in [-0.1, -0.05) is 24.3 Å². The molecule has 0 N–H and O–H groups in total. The van der Waals surface area contributed by atoms with Crippen molar-refractivity contribution >= 4 is 18.3 Å². The Bertz CT molecular complexity index is 38.1. The third kappa shape index (κ3) is 0.735. The van der Waals surface area contributed by atoms with Gasteiger partial charge in [-0.3, -0.25) is 0 Å². The first-order valence-corrected chi connectivity index (χ1v) is 6.01. The summed E-state index contributed by atoms with van der Waals surface area (Å²) in [6, 6.07) is 1.53. The molecular weight excluding hydrogens is 104 g/mol. The van der Waals surface area contributed by atoms with Gasteiger partial charge in [-0.05, 0) is 0 Å². The second kappa shape index (κ2) is 1.93. The van der Waals surface area contributed by atoms with Gasteiger partial charge in [-0.15, -0.1) is 0 Å². The molecule has 0 unspecified atom stereocenters. The van der Waals surface area contributed by atoms with Crippen LogP contribution in [0.25, 0.3) is 0 Å². The van der Waals surface area contributed by atoms with E-state index < -0.39 is 0 Å². The Balaban J connectivity index is 2.01. The minimum atomic E-state index is 0.325. The standard InChI is InChI=1S/C4H9Si2/c1-2-6-3-5-4-6/h2-4H2,1H3. The lowest BCUT2D eigenvalue weighted by atomic mass is 11.0. The summed E-state index contributed by atoms with van der Waals surface area (Å²) in [4.78, 5) is 0. The Hall–Kier alpha value is 0.434. The van der Waals surface area contributed by atoms with Crippen LogP contribution in [0.3, 0.4) is 0 Å². The first kappa shape index (κ1) is 4.59. The number of hydrogen-bond donors (Lipinski definition) is 0. The molecule has 0 aliphatic carbocycles. The van der Waals surface area contributed by atoms with Crippen LogP contribution in [0.2, 0.25) is 17.4 Å². The highest BCUT2D eigenvalue weighted by Crippen LogP contribution is 2.13. The molecule has 1 saturated heterocycles. The molecule has 0 aromatic heterocycles. The van der Waals surface area contributed by atoms with Crippen molar-refractivity contribution in [3.05, 3.63) is 0 Å². The highest BCUT2D eigenvalue weighted by Gasteiger charge is 2.16. The van der Waals surface area contributed by atoms with Gasteiger partial charge in [0.1, 0.15) is 0 Å². The van der Waals surface area contributed by atoms with Crippen LogP contribution in [0.5, 0.6) is 0 Å². The summed E-state index contributed by atoms with van der Waals surface area (Å²) < 4.78 is 0. The van der Waals surface area contributed by atoms with Gasteiger partial charge < -0.3 is 0 Å². The molecule has 6 heavy (non-hydrogen) atoms. The molecule has 3 radical (unpaired) electrons. The van der Waals surface area contributed by atoms with Crippen molar-refractivity contribution in [3.63, 3.8) is 0 Å². The maximum atomic E-state index is 2.33. The highest BCUT2D eigenvalue weighted by atomic mass is 28.4. The number of rotatable bonds is 1. The molecule has 0 aromatic carbocycles. The van der Waals surface area contributed by atoms with Crippen molar-refractivity contribution in [2.45, 2.75) is 24.3 Å². The summed E-state index contributed by atoms with van der Waals surface area (Å²) in [5.41, 5.74) is 3.28. The fourth-order valence-electron chi connectivity index (χ4n) is 0.552. The van der Waals surface area contributed by atoms with Crippen LogP contribution < -0.4 is 0 Å². The maximum absolute atomic E-state index is 2.33. The van der Waals surface area contributed by atoms with Gasteiger partial charge in [0.05, 0.1) is 0 Å². The predicted molar refractivity (Wildman–Crippen MR) is 31.6 cm³/mol. The second-order valence-corrected chi connectivity index (χ2v) is 7.24. The van der Waals surface area contributed by atoms with E-state index in [0.29, 0.717) is 8.80 Å². The van der Waals surface area contributed by atoms with E-state index in [1.54, 1.807) is 11.3 Å². The molecule has 1 rings (SSSR count). The lowest BCUT2D eigenvalue weighted by molar-refractivity contribution is 1.36. The first-order valence-electron chi connectivity index (χ1n) is 2.47. The predicted octanol–water partition coefficient (Wildman–Crippen LogP) is 1.13. The van der Waals surface area contributed by atoms with Gasteiger partial charge in [-0.2, -0.15) is 0 Å². The summed E-state index contributed by atoms with van der Waals surface area (Å²) in [5, 5.41) is 0. The zero-order chi connectivity index (χ0) is 4.41. The van der Waals surface area contributed by atoms with E-state index in [9.17, 15) is 0 Å². The van der Waals surface area contributed by atoms with Crippen LogP contribution in [0, 0.1) is 0 Å². The van der Waals surface area contributed by atoms with Gasteiger partial charge in [0.25, 0.3) is 0 Å². The molecule has 1 aliphatic heterocycles. The Labute approximate surface area is 43.4 Å². The smallest absolute Gasteiger partial charge is 0.0411 e. The molecule has 0 aromatic rings. The van der Waals surface area contributed by atoms with Crippen LogP contribution in [-0.2, 0) is 0 Å². The van der Waals surface area contributed by atoms with E-state index in [2.05, 4.69) is 6.92 Å². The molecule has 1 aliphatic rings. The van der Waals surface area contributed by atoms with Crippen LogP contribution in [0.4, 0.5) is 0 Å². The largest absolute Gasteiger partial charge is 0.0680 e. The van der Waals surface area contributed by atoms with Crippen LogP contribution >= 0.6 is 0 Å². The van der Waals surface area contributed by atoms with Crippen molar-refractivity contribution in [1.82, 2.24) is 0 Å². The van der Waals surface area contributed by atoms with Crippen molar-refractivity contribution in [2.75, 3.05) is 0 Å². The lowest BCUT2D eigenvalue weighted by Gasteiger charge is -2.19.